The molecule has 1 heterocycles. The van der Waals surface area contributed by atoms with Gasteiger partial charge in [0.1, 0.15) is 0 Å². The molecule has 0 saturated heterocycles. The number of aliphatic hydroxyl groups excluding tert-OH is 1. The Balaban J connectivity index is 1.89. The lowest BCUT2D eigenvalue weighted by Gasteiger charge is -2.08. The number of halogens is 1. The summed E-state index contributed by atoms with van der Waals surface area (Å²) in [6.45, 7) is 1.76. The summed E-state index contributed by atoms with van der Waals surface area (Å²) in [7, 11) is 0. The van der Waals surface area contributed by atoms with Crippen LogP contribution in [0.2, 0.25) is 0 Å². The van der Waals surface area contributed by atoms with Gasteiger partial charge in [-0.2, -0.15) is 0 Å². The van der Waals surface area contributed by atoms with Crippen molar-refractivity contribution in [3.05, 3.63) is 52.5 Å². The van der Waals surface area contributed by atoms with Gasteiger partial charge in [0.15, 0.2) is 5.16 Å². The third-order valence-corrected chi connectivity index (χ3v) is 4.57. The summed E-state index contributed by atoms with van der Waals surface area (Å²) in [6, 6.07) is 13.9. The Morgan fingerprint density at radius 1 is 1.25 bits per heavy atom. The van der Waals surface area contributed by atoms with E-state index in [2.05, 4.69) is 25.9 Å². The molecule has 20 heavy (non-hydrogen) atoms. The van der Waals surface area contributed by atoms with Crippen LogP contribution in [-0.2, 0) is 0 Å². The first kappa shape index (κ1) is 13.7. The summed E-state index contributed by atoms with van der Waals surface area (Å²) >= 11 is 5.06. The molecule has 2 aromatic carbocycles. The molecule has 1 atom stereocenters. The van der Waals surface area contributed by atoms with E-state index in [9.17, 15) is 5.11 Å². The number of H-pyrrole nitrogens is 1. The van der Waals surface area contributed by atoms with Crippen LogP contribution in [0.15, 0.2) is 57.0 Å². The molecule has 0 amide bonds. The van der Waals surface area contributed by atoms with Gasteiger partial charge >= 0.3 is 0 Å². The van der Waals surface area contributed by atoms with Crippen LogP contribution in [0.5, 0.6) is 0 Å². The summed E-state index contributed by atoms with van der Waals surface area (Å²) < 4.78 is 0.911. The normalized spacial score (nSPS) is 12.8. The highest BCUT2D eigenvalue weighted by atomic mass is 79.9. The zero-order valence-corrected chi connectivity index (χ0v) is 13.2. The average molecular weight is 349 g/mol. The number of benzene rings is 2. The highest BCUT2D eigenvalue weighted by Gasteiger charge is 2.09. The number of rotatable bonds is 3. The van der Waals surface area contributed by atoms with Crippen LogP contribution >= 0.6 is 27.7 Å². The maximum absolute atomic E-state index is 9.63. The summed E-state index contributed by atoms with van der Waals surface area (Å²) in [5, 5.41) is 10.5. The Bertz CT molecular complexity index is 721. The first-order valence-corrected chi connectivity index (χ1v) is 7.84. The molecule has 0 spiro atoms. The van der Waals surface area contributed by atoms with E-state index >= 15 is 0 Å². The zero-order chi connectivity index (χ0) is 14.1. The number of para-hydroxylation sites is 2. The smallest absolute Gasteiger partial charge is 0.171 e. The third-order valence-electron chi connectivity index (χ3n) is 3.00. The Labute approximate surface area is 129 Å². The van der Waals surface area contributed by atoms with E-state index < -0.39 is 6.10 Å². The van der Waals surface area contributed by atoms with Gasteiger partial charge < -0.3 is 10.1 Å². The van der Waals surface area contributed by atoms with E-state index in [1.54, 1.807) is 18.7 Å². The standard InChI is InChI=1S/C15H13BrN2OS/c1-9(19)11-7-6-10(8-12(11)16)20-15-17-13-4-2-3-5-14(13)18-15/h2-9,19H,1H3,(H,17,18). The Morgan fingerprint density at radius 3 is 2.75 bits per heavy atom. The Hall–Kier alpha value is -1.30. The predicted molar refractivity (Wildman–Crippen MR) is 85.0 cm³/mol. The number of fused-ring (bicyclic) bond motifs is 1. The lowest BCUT2D eigenvalue weighted by atomic mass is 10.1. The lowest BCUT2D eigenvalue weighted by molar-refractivity contribution is 0.198. The number of nitrogens with one attached hydrogen (secondary N) is 1. The van der Waals surface area contributed by atoms with Crippen molar-refractivity contribution in [2.75, 3.05) is 0 Å². The van der Waals surface area contributed by atoms with Crippen molar-refractivity contribution in [1.82, 2.24) is 9.97 Å². The van der Waals surface area contributed by atoms with Crippen molar-refractivity contribution in [2.24, 2.45) is 0 Å². The average Bonchev–Trinajstić information content (AvgIpc) is 2.80. The number of hydrogen-bond acceptors (Lipinski definition) is 3. The quantitative estimate of drug-likeness (QED) is 0.730. The minimum absolute atomic E-state index is 0.477. The largest absolute Gasteiger partial charge is 0.389 e. The molecule has 0 bridgehead atoms. The van der Waals surface area contributed by atoms with Gasteiger partial charge in [-0.3, -0.25) is 0 Å². The van der Waals surface area contributed by atoms with E-state index in [1.807, 2.05) is 42.5 Å². The van der Waals surface area contributed by atoms with Crippen LogP contribution in [0.3, 0.4) is 0 Å². The maximum Gasteiger partial charge on any atom is 0.171 e. The SMILES string of the molecule is CC(O)c1ccc(Sc2nc3ccccc3[nH]2)cc1Br. The fourth-order valence-corrected chi connectivity index (χ4v) is 3.70. The van der Waals surface area contributed by atoms with Gasteiger partial charge in [0, 0.05) is 9.37 Å². The molecule has 0 aliphatic carbocycles. The third kappa shape index (κ3) is 2.75. The number of aromatic amines is 1. The minimum Gasteiger partial charge on any atom is -0.389 e. The van der Waals surface area contributed by atoms with E-state index in [-0.39, 0.29) is 0 Å². The molecule has 0 aliphatic rings. The minimum atomic E-state index is -0.477. The lowest BCUT2D eigenvalue weighted by Crippen LogP contribution is -1.92. The summed E-state index contributed by atoms with van der Waals surface area (Å²) in [5.41, 5.74) is 2.89. The van der Waals surface area contributed by atoms with Crippen molar-refractivity contribution in [1.29, 1.82) is 0 Å². The summed E-state index contributed by atoms with van der Waals surface area (Å²) in [5.74, 6) is 0. The molecule has 0 aliphatic heterocycles. The molecule has 0 saturated carbocycles. The molecule has 3 rings (SSSR count). The van der Waals surface area contributed by atoms with Gasteiger partial charge in [0.25, 0.3) is 0 Å². The second kappa shape index (κ2) is 5.60. The second-order valence-electron chi connectivity index (χ2n) is 4.52. The van der Waals surface area contributed by atoms with E-state index in [0.29, 0.717) is 0 Å². The van der Waals surface area contributed by atoms with Crippen LogP contribution < -0.4 is 0 Å². The molecule has 5 heteroatoms. The second-order valence-corrected chi connectivity index (χ2v) is 6.44. The highest BCUT2D eigenvalue weighted by molar-refractivity contribution is 9.10. The van der Waals surface area contributed by atoms with Gasteiger partial charge in [-0.15, -0.1) is 0 Å². The summed E-state index contributed by atoms with van der Waals surface area (Å²) in [4.78, 5) is 8.90. The fourth-order valence-electron chi connectivity index (χ4n) is 2.00. The van der Waals surface area contributed by atoms with Crippen molar-refractivity contribution >= 4 is 38.7 Å². The summed E-state index contributed by atoms with van der Waals surface area (Å²) in [6.07, 6.45) is -0.477. The molecule has 0 fully saturated rings. The number of imidazole rings is 1. The van der Waals surface area contributed by atoms with Crippen molar-refractivity contribution in [3.8, 4) is 0 Å². The molecule has 3 aromatic rings. The number of aliphatic hydroxyl groups is 1. The van der Waals surface area contributed by atoms with Crippen LogP contribution in [0.25, 0.3) is 11.0 Å². The van der Waals surface area contributed by atoms with Gasteiger partial charge in [-0.25, -0.2) is 4.98 Å². The van der Waals surface area contributed by atoms with Gasteiger partial charge in [-0.1, -0.05) is 45.9 Å². The van der Waals surface area contributed by atoms with Crippen LogP contribution in [0.4, 0.5) is 0 Å². The molecule has 102 valence electrons. The molecular formula is C15H13BrN2OS. The van der Waals surface area contributed by atoms with Gasteiger partial charge in [0.05, 0.1) is 17.1 Å². The maximum atomic E-state index is 9.63. The first-order chi connectivity index (χ1) is 9.63. The van der Waals surface area contributed by atoms with Crippen LogP contribution in [0.1, 0.15) is 18.6 Å². The molecule has 1 unspecified atom stereocenters. The van der Waals surface area contributed by atoms with Gasteiger partial charge in [-0.05, 0) is 36.8 Å². The Kier molecular flexibility index (Phi) is 3.83. The predicted octanol–water partition coefficient (Wildman–Crippen LogP) is 4.53. The number of hydrogen-bond donors (Lipinski definition) is 2. The molecule has 0 radical (unpaired) electrons. The van der Waals surface area contributed by atoms with Gasteiger partial charge in [0.2, 0.25) is 0 Å². The van der Waals surface area contributed by atoms with E-state index in [0.717, 1.165) is 31.1 Å². The monoisotopic (exact) mass is 348 g/mol. The zero-order valence-electron chi connectivity index (χ0n) is 10.8. The van der Waals surface area contributed by atoms with E-state index in [4.69, 9.17) is 0 Å². The fraction of sp³-hybridized carbons (Fsp3) is 0.133. The molecular weight excluding hydrogens is 336 g/mol. The van der Waals surface area contributed by atoms with Crippen molar-refractivity contribution in [3.63, 3.8) is 0 Å². The van der Waals surface area contributed by atoms with E-state index in [1.165, 1.54) is 0 Å². The van der Waals surface area contributed by atoms with Crippen LogP contribution in [0, 0.1) is 0 Å². The highest BCUT2D eigenvalue weighted by Crippen LogP contribution is 2.32. The molecule has 1 aromatic heterocycles. The Morgan fingerprint density at radius 2 is 2.05 bits per heavy atom. The number of nitrogens with zero attached hydrogens (tertiary/aromatic N) is 1. The van der Waals surface area contributed by atoms with Crippen LogP contribution in [-0.4, -0.2) is 15.1 Å². The topological polar surface area (TPSA) is 48.9 Å². The van der Waals surface area contributed by atoms with Crippen molar-refractivity contribution < 1.29 is 5.11 Å². The van der Waals surface area contributed by atoms with Crippen molar-refractivity contribution in [2.45, 2.75) is 23.1 Å². The number of aromatic nitrogens is 2. The first-order valence-electron chi connectivity index (χ1n) is 6.23. The molecule has 3 nitrogen and oxygen atoms in total. The molecule has 2 N–H and O–H groups in total.